The molecule has 8 bridgehead atoms. The number of fused-ring (bicyclic) bond motifs is 9. The predicted molar refractivity (Wildman–Crippen MR) is 165 cm³/mol. The molecule has 6 N–H and O–H groups in total. The Morgan fingerprint density at radius 2 is 1.57 bits per heavy atom. The van der Waals surface area contributed by atoms with Crippen LogP contribution in [0.15, 0.2) is 18.0 Å². The Morgan fingerprint density at radius 1 is 0.929 bits per heavy atom. The quantitative estimate of drug-likeness (QED) is 0.261. The second-order valence-electron chi connectivity index (χ2n) is 12.0. The van der Waals surface area contributed by atoms with Crippen molar-refractivity contribution in [3.63, 3.8) is 0 Å². The lowest BCUT2D eigenvalue weighted by molar-refractivity contribution is -0.139. The second kappa shape index (κ2) is 9.82. The first kappa shape index (κ1) is 27.7. The van der Waals surface area contributed by atoms with Crippen molar-refractivity contribution in [2.24, 2.45) is 17.3 Å². The summed E-state index contributed by atoms with van der Waals surface area (Å²) in [5.74, 6) is -2.17. The highest BCUT2D eigenvalue weighted by Gasteiger charge is 2.67. The van der Waals surface area contributed by atoms with Crippen molar-refractivity contribution in [2.75, 3.05) is 0 Å². The Kier molecular flexibility index (Phi) is 6.48. The van der Waals surface area contributed by atoms with Crippen LogP contribution in [0.4, 0.5) is 0 Å². The average molecular weight is 567 g/mol. The lowest BCUT2D eigenvalue weighted by Gasteiger charge is -2.15. The van der Waals surface area contributed by atoms with Crippen LogP contribution in [-0.4, -0.2) is 37.1 Å². The summed E-state index contributed by atoms with van der Waals surface area (Å²) in [5.41, 5.74) is 11.4. The zero-order valence-corrected chi connectivity index (χ0v) is 24.8. The maximum absolute atomic E-state index is 12.3. The van der Waals surface area contributed by atoms with E-state index in [4.69, 9.17) is 0 Å². The van der Waals surface area contributed by atoms with E-state index >= 15 is 0 Å². The van der Waals surface area contributed by atoms with Gasteiger partial charge in [0, 0.05) is 68.2 Å². The fourth-order valence-electron chi connectivity index (χ4n) is 7.25. The van der Waals surface area contributed by atoms with Gasteiger partial charge in [-0.25, -0.2) is 0 Å². The van der Waals surface area contributed by atoms with Crippen LogP contribution in [0.2, 0.25) is 0 Å². The molecule has 0 radical (unpaired) electrons. The molecule has 42 heavy (non-hydrogen) atoms. The minimum Gasteiger partial charge on any atom is -0.481 e. The molecule has 1 saturated heterocycles. The van der Waals surface area contributed by atoms with E-state index in [1.54, 1.807) is 0 Å². The van der Waals surface area contributed by atoms with Crippen molar-refractivity contribution in [3.8, 4) is 0 Å². The molecule has 0 aromatic carbocycles. The molecule has 1 spiro atoms. The molecule has 0 amide bonds. The maximum atomic E-state index is 12.3. The van der Waals surface area contributed by atoms with Crippen molar-refractivity contribution in [2.45, 2.75) is 60.3 Å². The van der Waals surface area contributed by atoms with E-state index in [0.29, 0.717) is 12.8 Å². The van der Waals surface area contributed by atoms with Crippen molar-refractivity contribution in [3.05, 3.63) is 84.8 Å². The van der Waals surface area contributed by atoms with Crippen LogP contribution in [0, 0.1) is 38.0 Å². The molecule has 218 valence electrons. The number of aliphatic carboxylic acids is 2. The third-order valence-electron chi connectivity index (χ3n) is 9.90. The van der Waals surface area contributed by atoms with Crippen LogP contribution in [0.25, 0.3) is 30.4 Å². The molecule has 3 aromatic rings. The molecule has 3 aliphatic rings. The van der Waals surface area contributed by atoms with Gasteiger partial charge < -0.3 is 30.5 Å². The zero-order valence-electron chi connectivity index (χ0n) is 24.8. The largest absolute Gasteiger partial charge is 0.481 e. The van der Waals surface area contributed by atoms with Gasteiger partial charge in [-0.15, -0.1) is 0 Å². The van der Waals surface area contributed by atoms with E-state index in [9.17, 15) is 19.8 Å². The highest BCUT2D eigenvalue weighted by atomic mass is 16.4. The number of hydrogen-bond acceptors (Lipinski definition) is 3. The number of rotatable bonds is 6. The Balaban J connectivity index is 1.67. The van der Waals surface area contributed by atoms with Gasteiger partial charge in [0.2, 0.25) is 0 Å². The van der Waals surface area contributed by atoms with Gasteiger partial charge in [-0.3, -0.25) is 9.59 Å². The van der Waals surface area contributed by atoms with E-state index in [-0.39, 0.29) is 12.3 Å². The number of aromatic amines is 3. The Labute approximate surface area is 244 Å². The third kappa shape index (κ3) is 4.11. The second-order valence-corrected chi connectivity index (χ2v) is 12.0. The number of carboxylic acid groups (broad SMARTS) is 2. The fourth-order valence-corrected chi connectivity index (χ4v) is 7.25. The van der Waals surface area contributed by atoms with E-state index in [1.807, 2.05) is 19.1 Å². The molecule has 3 atom stereocenters. The van der Waals surface area contributed by atoms with E-state index in [2.05, 4.69) is 72.8 Å². The van der Waals surface area contributed by atoms with E-state index < -0.39 is 23.3 Å². The smallest absolute Gasteiger partial charge is 0.307 e. The maximum Gasteiger partial charge on any atom is 0.307 e. The lowest BCUT2D eigenvalue weighted by atomic mass is 9.86. The van der Waals surface area contributed by atoms with Gasteiger partial charge in [-0.2, -0.15) is 0 Å². The van der Waals surface area contributed by atoms with Crippen LogP contribution in [0.3, 0.4) is 0 Å². The molecule has 5 heterocycles. The standard InChI is InChI=1S/C34H38N4O4/c1-7-20-16(3)24-11-25-18(5)22(9-10-32(39)40)30(37-25)14-31-34(15-23(34)33(41)42)19(6)27(38-31)13-29-21(8-2)17(4)26(36-29)12-28(20)35-24/h7,11-14,19,23,35-38H,1,8-10,15H2,2-6H3,(H,39,40)(H,41,42)/b24-11-,27-13-,28-12-,31-14-. The van der Waals surface area contributed by atoms with Gasteiger partial charge >= 0.3 is 11.9 Å². The van der Waals surface area contributed by atoms with Crippen LogP contribution >= 0.6 is 0 Å². The molecule has 3 unspecified atom stereocenters. The van der Waals surface area contributed by atoms with Crippen molar-refractivity contribution in [1.29, 1.82) is 0 Å². The minimum atomic E-state index is -0.858. The summed E-state index contributed by atoms with van der Waals surface area (Å²) < 4.78 is 0. The Morgan fingerprint density at radius 3 is 2.17 bits per heavy atom. The highest BCUT2D eigenvalue weighted by Crippen LogP contribution is 2.67. The number of aromatic nitrogens is 3. The average Bonchev–Trinajstić information content (AvgIpc) is 3.32. The number of H-pyrrole nitrogens is 3. The molecule has 3 aromatic heterocycles. The van der Waals surface area contributed by atoms with Crippen LogP contribution in [0.5, 0.6) is 0 Å². The third-order valence-corrected chi connectivity index (χ3v) is 9.90. The first-order valence-corrected chi connectivity index (χ1v) is 14.6. The molecule has 1 aliphatic carbocycles. The number of hydrogen-bond donors (Lipinski definition) is 6. The summed E-state index contributed by atoms with van der Waals surface area (Å²) in [7, 11) is 0. The van der Waals surface area contributed by atoms with Crippen molar-refractivity contribution < 1.29 is 19.8 Å². The summed E-state index contributed by atoms with van der Waals surface area (Å²) >= 11 is 0. The fraction of sp³-hybridized carbons (Fsp3) is 0.353. The molecule has 8 nitrogen and oxygen atoms in total. The van der Waals surface area contributed by atoms with Gasteiger partial charge in [0.25, 0.3) is 0 Å². The van der Waals surface area contributed by atoms with E-state index in [0.717, 1.165) is 73.5 Å². The number of carbonyl (C=O) groups is 2. The zero-order chi connectivity index (χ0) is 30.1. The van der Waals surface area contributed by atoms with Crippen LogP contribution in [0.1, 0.15) is 82.8 Å². The highest BCUT2D eigenvalue weighted by molar-refractivity contribution is 5.80. The van der Waals surface area contributed by atoms with Gasteiger partial charge in [-0.1, -0.05) is 26.5 Å². The normalized spacial score (nSPS) is 26.2. The van der Waals surface area contributed by atoms with Crippen LogP contribution in [-0.2, 0) is 22.4 Å². The summed E-state index contributed by atoms with van der Waals surface area (Å²) in [5, 5.41) is 25.1. The van der Waals surface area contributed by atoms with E-state index in [1.165, 1.54) is 11.1 Å². The van der Waals surface area contributed by atoms with Gasteiger partial charge in [0.15, 0.2) is 0 Å². The summed E-state index contributed by atoms with van der Waals surface area (Å²) in [6.07, 6.45) is 12.0. The minimum absolute atomic E-state index is 0.00150. The number of allylic oxidation sites excluding steroid dienone is 2. The molecular formula is C34H38N4O4. The summed E-state index contributed by atoms with van der Waals surface area (Å²) in [6.45, 7) is 14.5. The lowest BCUT2D eigenvalue weighted by Crippen LogP contribution is -2.16. The Hall–Kier alpha value is -4.46. The first-order chi connectivity index (χ1) is 20.0. The predicted octanol–water partition coefficient (Wildman–Crippen LogP) is 4.50. The topological polar surface area (TPSA) is 134 Å². The van der Waals surface area contributed by atoms with Gasteiger partial charge in [-0.05, 0) is 92.2 Å². The van der Waals surface area contributed by atoms with Crippen LogP contribution < -0.4 is 16.0 Å². The molecule has 8 heteroatoms. The monoisotopic (exact) mass is 566 g/mol. The first-order valence-electron chi connectivity index (χ1n) is 14.6. The molecule has 2 fully saturated rings. The molecule has 1 saturated carbocycles. The van der Waals surface area contributed by atoms with Crippen molar-refractivity contribution in [1.82, 2.24) is 20.3 Å². The summed E-state index contributed by atoms with van der Waals surface area (Å²) in [4.78, 5) is 34.7. The van der Waals surface area contributed by atoms with Gasteiger partial charge in [0.05, 0.1) is 5.92 Å². The molecular weight excluding hydrogens is 528 g/mol. The van der Waals surface area contributed by atoms with Crippen molar-refractivity contribution >= 4 is 42.3 Å². The Bertz CT molecular complexity index is 1860. The van der Waals surface area contributed by atoms with Gasteiger partial charge in [0.1, 0.15) is 0 Å². The number of nitrogens with one attached hydrogen (secondary N) is 4. The molecule has 6 rings (SSSR count). The SMILES string of the molecule is C=Cc1c(C)/c2[nH]/c1=C\c1[nH]c(c(CC)c1C)/C=C1\N/C(=C\c3[nH]c(c(C)c3CCC(=O)O)\C=2)C2(CC2C(=O)O)C1C. The number of carboxylic acids is 2. The summed E-state index contributed by atoms with van der Waals surface area (Å²) in [6, 6.07) is 0. The molecule has 2 aliphatic heterocycles.